The number of anilines is 2. The maximum Gasteiger partial charge on any atom is 0.217 e. The minimum absolute atomic E-state index is 0.449. The predicted molar refractivity (Wildman–Crippen MR) is 74.0 cm³/mol. The summed E-state index contributed by atoms with van der Waals surface area (Å²) < 4.78 is 13.4. The third kappa shape index (κ3) is 2.38. The standard InChI is InChI=1S/C15H12FN3/c1-10-2-5-14(19-15(10)16)18-13-4-3-12-9-17-7-6-11(12)8-13/h2-9H,1H3,(H,18,19)/i16-1. The molecule has 0 radical (unpaired) electrons. The third-order valence-corrected chi connectivity index (χ3v) is 2.95. The van der Waals surface area contributed by atoms with E-state index in [0.29, 0.717) is 11.4 Å². The predicted octanol–water partition coefficient (Wildman–Crippen LogP) is 3.82. The summed E-state index contributed by atoms with van der Waals surface area (Å²) in [5.41, 5.74) is 1.41. The Bertz CT molecular complexity index is 740. The van der Waals surface area contributed by atoms with Gasteiger partial charge >= 0.3 is 0 Å². The van der Waals surface area contributed by atoms with E-state index in [-0.39, 0.29) is 0 Å². The largest absolute Gasteiger partial charge is 0.340 e. The monoisotopic (exact) mass is 252 g/mol. The molecule has 0 unspecified atom stereocenters. The van der Waals surface area contributed by atoms with Gasteiger partial charge in [0.1, 0.15) is 5.82 Å². The zero-order valence-electron chi connectivity index (χ0n) is 10.4. The number of halogens is 1. The molecule has 0 atom stereocenters. The van der Waals surface area contributed by atoms with Crippen molar-refractivity contribution in [2.45, 2.75) is 6.92 Å². The molecule has 0 fully saturated rings. The molecule has 0 aliphatic carbocycles. The molecule has 3 nitrogen and oxygen atoms in total. The molecular formula is C15H12FN3. The average molecular weight is 252 g/mol. The topological polar surface area (TPSA) is 37.8 Å². The molecule has 0 saturated carbocycles. The normalized spacial score (nSPS) is 10.6. The smallest absolute Gasteiger partial charge is 0.217 e. The van der Waals surface area contributed by atoms with Crippen LogP contribution in [-0.2, 0) is 0 Å². The molecule has 0 spiro atoms. The second-order valence-corrected chi connectivity index (χ2v) is 4.37. The summed E-state index contributed by atoms with van der Waals surface area (Å²) in [4.78, 5) is 7.92. The number of rotatable bonds is 2. The van der Waals surface area contributed by atoms with Crippen molar-refractivity contribution in [1.29, 1.82) is 0 Å². The van der Waals surface area contributed by atoms with Crippen molar-refractivity contribution < 1.29 is 4.39 Å². The number of hydrogen-bond donors (Lipinski definition) is 1. The highest BCUT2D eigenvalue weighted by Gasteiger charge is 2.02. The van der Waals surface area contributed by atoms with Gasteiger partial charge in [0.15, 0.2) is 0 Å². The summed E-state index contributed by atoms with van der Waals surface area (Å²) in [5, 5.41) is 5.23. The maximum atomic E-state index is 13.4. The Hall–Kier alpha value is -2.49. The van der Waals surface area contributed by atoms with Crippen LogP contribution >= 0.6 is 0 Å². The van der Waals surface area contributed by atoms with Gasteiger partial charge in [0.05, 0.1) is 0 Å². The van der Waals surface area contributed by atoms with Crippen LogP contribution in [0, 0.1) is 12.9 Å². The Labute approximate surface area is 110 Å². The molecule has 0 bridgehead atoms. The zero-order chi connectivity index (χ0) is 13.2. The van der Waals surface area contributed by atoms with Crippen LogP contribution in [0.5, 0.6) is 0 Å². The van der Waals surface area contributed by atoms with Crippen molar-refractivity contribution in [2.75, 3.05) is 5.32 Å². The fourth-order valence-electron chi connectivity index (χ4n) is 1.88. The minimum Gasteiger partial charge on any atom is -0.340 e. The van der Waals surface area contributed by atoms with E-state index in [9.17, 15) is 4.39 Å². The van der Waals surface area contributed by atoms with E-state index in [1.165, 1.54) is 0 Å². The molecular weight excluding hydrogens is 240 g/mol. The van der Waals surface area contributed by atoms with E-state index in [1.807, 2.05) is 30.5 Å². The summed E-state index contributed by atoms with van der Waals surface area (Å²) in [5.74, 6) is 0.0477. The second kappa shape index (κ2) is 4.65. The third-order valence-electron chi connectivity index (χ3n) is 2.95. The Balaban J connectivity index is 1.94. The molecule has 4 heteroatoms. The molecule has 0 aliphatic heterocycles. The number of nitrogens with one attached hydrogen (secondary N) is 1. The maximum absolute atomic E-state index is 13.4. The number of benzene rings is 1. The van der Waals surface area contributed by atoms with Crippen molar-refractivity contribution in [1.82, 2.24) is 9.97 Å². The van der Waals surface area contributed by atoms with Crippen molar-refractivity contribution in [3.63, 3.8) is 0 Å². The molecule has 0 saturated heterocycles. The molecule has 0 aliphatic rings. The number of aryl methyl sites for hydroxylation is 1. The Morgan fingerprint density at radius 3 is 2.79 bits per heavy atom. The summed E-state index contributed by atoms with van der Waals surface area (Å²) in [6, 6.07) is 11.3. The molecule has 2 aromatic heterocycles. The van der Waals surface area contributed by atoms with Gasteiger partial charge in [0, 0.05) is 29.0 Å². The van der Waals surface area contributed by atoms with Crippen molar-refractivity contribution in [2.24, 2.45) is 0 Å². The first kappa shape index (κ1) is 11.6. The summed E-state index contributed by atoms with van der Waals surface area (Å²) in [6.07, 6.45) is 3.55. The quantitative estimate of drug-likeness (QED) is 0.704. The fourth-order valence-corrected chi connectivity index (χ4v) is 1.88. The molecule has 19 heavy (non-hydrogen) atoms. The van der Waals surface area contributed by atoms with E-state index in [2.05, 4.69) is 15.3 Å². The molecule has 2 heterocycles. The zero-order valence-corrected chi connectivity index (χ0v) is 10.4. The van der Waals surface area contributed by atoms with E-state index in [1.54, 1.807) is 25.3 Å². The number of fused-ring (bicyclic) bond motifs is 1. The first-order valence-electron chi connectivity index (χ1n) is 5.96. The van der Waals surface area contributed by atoms with E-state index >= 15 is 0 Å². The average Bonchev–Trinajstić information content (AvgIpc) is 2.43. The fraction of sp³-hybridized carbons (Fsp3) is 0.0667. The number of pyridine rings is 2. The van der Waals surface area contributed by atoms with Gasteiger partial charge in [-0.3, -0.25) is 4.98 Å². The lowest BCUT2D eigenvalue weighted by Gasteiger charge is -2.07. The lowest BCUT2D eigenvalue weighted by Crippen LogP contribution is -1.96. The van der Waals surface area contributed by atoms with Crippen LogP contribution in [0.1, 0.15) is 5.56 Å². The van der Waals surface area contributed by atoms with Gasteiger partial charge in [-0.05, 0) is 36.6 Å². The van der Waals surface area contributed by atoms with Crippen LogP contribution in [0.25, 0.3) is 10.8 Å². The second-order valence-electron chi connectivity index (χ2n) is 4.37. The number of hydrogen-bond acceptors (Lipinski definition) is 3. The van der Waals surface area contributed by atoms with Crippen molar-refractivity contribution in [3.8, 4) is 0 Å². The Morgan fingerprint density at radius 2 is 1.95 bits per heavy atom. The lowest BCUT2D eigenvalue weighted by atomic mass is 10.1. The van der Waals surface area contributed by atoms with Gasteiger partial charge < -0.3 is 5.32 Å². The molecule has 1 N–H and O–H groups in total. The lowest BCUT2D eigenvalue weighted by molar-refractivity contribution is 0.576. The van der Waals surface area contributed by atoms with Crippen LogP contribution in [0.3, 0.4) is 0 Å². The van der Waals surface area contributed by atoms with Gasteiger partial charge in [-0.25, -0.2) is 4.98 Å². The molecule has 3 rings (SSSR count). The SMILES string of the molecule is Cc1ccc(Nc2ccc3cnccc3c2)nc1[18F]. The molecule has 1 aromatic carbocycles. The highest BCUT2D eigenvalue weighted by atomic mass is 18.2. The van der Waals surface area contributed by atoms with Gasteiger partial charge in [-0.15, -0.1) is 0 Å². The van der Waals surface area contributed by atoms with Crippen LogP contribution in [-0.4, -0.2) is 9.97 Å². The highest BCUT2D eigenvalue weighted by molar-refractivity contribution is 5.85. The Kier molecular flexibility index (Phi) is 2.83. The minimum atomic E-state index is -0.449. The van der Waals surface area contributed by atoms with E-state index in [4.69, 9.17) is 0 Å². The van der Waals surface area contributed by atoms with Gasteiger partial charge in [-0.2, -0.15) is 4.39 Å². The van der Waals surface area contributed by atoms with Crippen LogP contribution < -0.4 is 5.32 Å². The highest BCUT2D eigenvalue weighted by Crippen LogP contribution is 2.21. The van der Waals surface area contributed by atoms with Gasteiger partial charge in [0.25, 0.3) is 0 Å². The number of aromatic nitrogens is 2. The van der Waals surface area contributed by atoms with Crippen LogP contribution in [0.15, 0.2) is 48.8 Å². The van der Waals surface area contributed by atoms with Crippen molar-refractivity contribution in [3.05, 3.63) is 60.3 Å². The summed E-state index contributed by atoms with van der Waals surface area (Å²) in [6.45, 7) is 1.69. The van der Waals surface area contributed by atoms with Crippen molar-refractivity contribution >= 4 is 22.3 Å². The number of nitrogens with zero attached hydrogens (tertiary/aromatic N) is 2. The summed E-state index contributed by atoms with van der Waals surface area (Å²) in [7, 11) is 0. The van der Waals surface area contributed by atoms with E-state index in [0.717, 1.165) is 16.5 Å². The molecule has 3 aromatic rings. The molecule has 0 amide bonds. The first-order chi connectivity index (χ1) is 9.22. The van der Waals surface area contributed by atoms with Crippen LogP contribution in [0.2, 0.25) is 0 Å². The van der Waals surface area contributed by atoms with Crippen LogP contribution in [0.4, 0.5) is 15.9 Å². The van der Waals surface area contributed by atoms with E-state index < -0.39 is 5.95 Å². The van der Waals surface area contributed by atoms with Gasteiger partial charge in [-0.1, -0.05) is 12.1 Å². The molecule has 94 valence electrons. The van der Waals surface area contributed by atoms with Gasteiger partial charge in [0.2, 0.25) is 5.95 Å². The summed E-state index contributed by atoms with van der Waals surface area (Å²) >= 11 is 0. The Morgan fingerprint density at radius 1 is 1.05 bits per heavy atom. The first-order valence-corrected chi connectivity index (χ1v) is 5.96.